The highest BCUT2D eigenvalue weighted by atomic mass is 19.4. The van der Waals surface area contributed by atoms with Crippen LogP contribution < -0.4 is 10.6 Å². The zero-order chi connectivity index (χ0) is 22.5. The molecule has 2 N–H and O–H groups in total. The molecule has 1 aromatic carbocycles. The molecule has 8 nitrogen and oxygen atoms in total. The lowest BCUT2D eigenvalue weighted by molar-refractivity contribution is -0.137. The average Bonchev–Trinajstić information content (AvgIpc) is 3.36. The van der Waals surface area contributed by atoms with Gasteiger partial charge >= 0.3 is 6.18 Å². The van der Waals surface area contributed by atoms with Crippen LogP contribution in [-0.2, 0) is 25.6 Å². The number of benzene rings is 1. The predicted octanol–water partition coefficient (Wildman–Crippen LogP) is 3.75. The summed E-state index contributed by atoms with van der Waals surface area (Å²) in [6.07, 6.45) is 0.0534. The van der Waals surface area contributed by atoms with Crippen molar-refractivity contribution in [3.63, 3.8) is 0 Å². The number of aromatic nitrogens is 4. The van der Waals surface area contributed by atoms with Crippen LogP contribution >= 0.6 is 0 Å². The van der Waals surface area contributed by atoms with Crippen molar-refractivity contribution >= 4 is 29.0 Å². The van der Waals surface area contributed by atoms with Crippen molar-refractivity contribution in [1.82, 2.24) is 24.6 Å². The Labute approximate surface area is 181 Å². The maximum atomic E-state index is 13.7. The summed E-state index contributed by atoms with van der Waals surface area (Å²) in [5.74, 6) is -0.506. The predicted molar refractivity (Wildman–Crippen MR) is 111 cm³/mol. The van der Waals surface area contributed by atoms with Gasteiger partial charge < -0.3 is 15.5 Å². The fourth-order valence-electron chi connectivity index (χ4n) is 4.12. The molecule has 2 aromatic heterocycles. The number of nitrogens with zero attached hydrogens (tertiary/aromatic N) is 5. The molecule has 5 rings (SSSR count). The standard InChI is InChI=1S/C21H20F3N7O/c1-30-9-7-12-13(19(30)32)4-2-5-15(12)27-18-14(21(22,23)24)10-25-20(29-18)28-16-11-26-31-8-3-6-17(16)31/h2,4-5,10-11H,3,6-9H2,1H3,(H2,25,27,28,29). The van der Waals surface area contributed by atoms with Crippen molar-refractivity contribution in [1.29, 1.82) is 0 Å². The van der Waals surface area contributed by atoms with Gasteiger partial charge in [-0.25, -0.2) is 4.98 Å². The number of carbonyl (C=O) groups excluding carboxylic acids is 1. The molecule has 0 aliphatic carbocycles. The molecule has 0 saturated heterocycles. The third kappa shape index (κ3) is 3.53. The topological polar surface area (TPSA) is 88.0 Å². The van der Waals surface area contributed by atoms with Gasteiger partial charge in [0, 0.05) is 37.6 Å². The Morgan fingerprint density at radius 1 is 1.06 bits per heavy atom. The second-order valence-corrected chi connectivity index (χ2v) is 7.84. The van der Waals surface area contributed by atoms with Crippen LogP contribution in [0.2, 0.25) is 0 Å². The molecular weight excluding hydrogens is 423 g/mol. The summed E-state index contributed by atoms with van der Waals surface area (Å²) in [7, 11) is 1.70. The molecule has 32 heavy (non-hydrogen) atoms. The van der Waals surface area contributed by atoms with Crippen molar-refractivity contribution in [2.45, 2.75) is 32.0 Å². The number of amides is 1. The lowest BCUT2D eigenvalue weighted by atomic mass is 9.97. The van der Waals surface area contributed by atoms with Gasteiger partial charge in [0.05, 0.1) is 17.6 Å². The number of likely N-dealkylation sites (N-methyl/N-ethyl adjacent to an activating group) is 1. The van der Waals surface area contributed by atoms with Crippen LogP contribution in [0.1, 0.15) is 33.6 Å². The highest BCUT2D eigenvalue weighted by Crippen LogP contribution is 2.37. The number of carbonyl (C=O) groups is 1. The van der Waals surface area contributed by atoms with Gasteiger partial charge in [0.1, 0.15) is 11.4 Å². The second-order valence-electron chi connectivity index (χ2n) is 7.84. The molecule has 2 aliphatic rings. The first kappa shape index (κ1) is 20.3. The van der Waals surface area contributed by atoms with E-state index in [1.54, 1.807) is 36.3 Å². The molecule has 166 valence electrons. The zero-order valence-corrected chi connectivity index (χ0v) is 17.2. The maximum Gasteiger partial charge on any atom is 0.421 e. The Hall–Kier alpha value is -3.63. The molecule has 0 radical (unpaired) electrons. The third-order valence-electron chi connectivity index (χ3n) is 5.78. The SMILES string of the molecule is CN1CCc2c(Nc3nc(Nc4cnn5c4CCC5)ncc3C(F)(F)F)cccc2C1=O. The van der Waals surface area contributed by atoms with E-state index in [1.165, 1.54) is 0 Å². The van der Waals surface area contributed by atoms with E-state index >= 15 is 0 Å². The van der Waals surface area contributed by atoms with Gasteiger partial charge in [-0.1, -0.05) is 6.07 Å². The Kier molecular flexibility index (Phi) is 4.75. The first-order valence-corrected chi connectivity index (χ1v) is 10.2. The van der Waals surface area contributed by atoms with E-state index < -0.39 is 11.7 Å². The van der Waals surface area contributed by atoms with Crippen molar-refractivity contribution in [3.05, 3.63) is 53.0 Å². The molecule has 2 aliphatic heterocycles. The van der Waals surface area contributed by atoms with Gasteiger partial charge in [0.15, 0.2) is 0 Å². The van der Waals surface area contributed by atoms with Crippen LogP contribution in [-0.4, -0.2) is 44.1 Å². The summed E-state index contributed by atoms with van der Waals surface area (Å²) < 4.78 is 42.9. The molecule has 0 fully saturated rings. The van der Waals surface area contributed by atoms with E-state index in [9.17, 15) is 18.0 Å². The first-order chi connectivity index (χ1) is 15.3. The van der Waals surface area contributed by atoms with E-state index in [2.05, 4.69) is 25.7 Å². The third-order valence-corrected chi connectivity index (χ3v) is 5.78. The number of alkyl halides is 3. The Morgan fingerprint density at radius 3 is 2.72 bits per heavy atom. The summed E-state index contributed by atoms with van der Waals surface area (Å²) in [6, 6.07) is 4.97. The molecule has 0 saturated carbocycles. The highest BCUT2D eigenvalue weighted by molar-refractivity contribution is 5.98. The lowest BCUT2D eigenvalue weighted by Crippen LogP contribution is -2.34. The number of fused-ring (bicyclic) bond motifs is 2. The van der Waals surface area contributed by atoms with Gasteiger partial charge in [-0.05, 0) is 37.0 Å². The van der Waals surface area contributed by atoms with Crippen molar-refractivity contribution in [2.24, 2.45) is 0 Å². The van der Waals surface area contributed by atoms with Crippen LogP contribution in [0.25, 0.3) is 0 Å². The summed E-state index contributed by atoms with van der Waals surface area (Å²) in [4.78, 5) is 22.0. The molecule has 0 atom stereocenters. The van der Waals surface area contributed by atoms with Crippen molar-refractivity contribution in [3.8, 4) is 0 Å². The summed E-state index contributed by atoms with van der Waals surface area (Å²) in [5.41, 5.74) is 2.24. The van der Waals surface area contributed by atoms with Crippen molar-refractivity contribution in [2.75, 3.05) is 24.2 Å². The number of hydrogen-bond donors (Lipinski definition) is 2. The smallest absolute Gasteiger partial charge is 0.341 e. The Bertz CT molecular complexity index is 1200. The van der Waals surface area contributed by atoms with E-state index in [-0.39, 0.29) is 17.7 Å². The van der Waals surface area contributed by atoms with Gasteiger partial charge in [-0.3, -0.25) is 9.48 Å². The molecule has 4 heterocycles. The normalized spacial score (nSPS) is 15.5. The number of nitrogens with one attached hydrogen (secondary N) is 2. The van der Waals surface area contributed by atoms with Gasteiger partial charge in [-0.15, -0.1) is 0 Å². The fraction of sp³-hybridized carbons (Fsp3) is 0.333. The van der Waals surface area contributed by atoms with Crippen LogP contribution in [0, 0.1) is 0 Å². The maximum absolute atomic E-state index is 13.7. The molecule has 0 bridgehead atoms. The highest BCUT2D eigenvalue weighted by Gasteiger charge is 2.36. The minimum absolute atomic E-state index is 0.0313. The van der Waals surface area contributed by atoms with Gasteiger partial charge in [0.25, 0.3) is 5.91 Å². The van der Waals surface area contributed by atoms with Gasteiger partial charge in [-0.2, -0.15) is 23.3 Å². The van der Waals surface area contributed by atoms with Crippen LogP contribution in [0.3, 0.4) is 0 Å². The molecule has 0 spiro atoms. The average molecular weight is 443 g/mol. The minimum Gasteiger partial charge on any atom is -0.341 e. The summed E-state index contributed by atoms with van der Waals surface area (Å²) in [5, 5.41) is 10.1. The number of anilines is 4. The quantitative estimate of drug-likeness (QED) is 0.639. The fourth-order valence-corrected chi connectivity index (χ4v) is 4.12. The van der Waals surface area contributed by atoms with E-state index in [1.807, 2.05) is 4.68 Å². The van der Waals surface area contributed by atoms with Crippen LogP contribution in [0.4, 0.5) is 36.3 Å². The van der Waals surface area contributed by atoms with Gasteiger partial charge in [0.2, 0.25) is 5.95 Å². The number of aryl methyl sites for hydroxylation is 1. The zero-order valence-electron chi connectivity index (χ0n) is 17.2. The lowest BCUT2D eigenvalue weighted by Gasteiger charge is -2.27. The van der Waals surface area contributed by atoms with Crippen LogP contribution in [0.15, 0.2) is 30.6 Å². The Morgan fingerprint density at radius 2 is 1.91 bits per heavy atom. The minimum atomic E-state index is -4.65. The Balaban J connectivity index is 1.51. The van der Waals surface area contributed by atoms with Crippen LogP contribution in [0.5, 0.6) is 0 Å². The molecule has 3 aromatic rings. The monoisotopic (exact) mass is 443 g/mol. The summed E-state index contributed by atoms with van der Waals surface area (Å²) in [6.45, 7) is 1.30. The largest absolute Gasteiger partial charge is 0.421 e. The number of rotatable bonds is 4. The van der Waals surface area contributed by atoms with E-state index in [4.69, 9.17) is 0 Å². The molecule has 1 amide bonds. The molecular formula is C21H20F3N7O. The van der Waals surface area contributed by atoms with E-state index in [0.29, 0.717) is 35.5 Å². The number of halogens is 3. The van der Waals surface area contributed by atoms with E-state index in [0.717, 1.165) is 31.3 Å². The second kappa shape index (κ2) is 7.50. The first-order valence-electron chi connectivity index (χ1n) is 10.2. The summed E-state index contributed by atoms with van der Waals surface area (Å²) >= 11 is 0. The molecule has 11 heteroatoms. The number of hydrogen-bond acceptors (Lipinski definition) is 6. The van der Waals surface area contributed by atoms with Crippen molar-refractivity contribution < 1.29 is 18.0 Å². The molecule has 0 unspecified atom stereocenters.